The Hall–Kier alpha value is -0.770. The molecule has 0 saturated carbocycles. The van der Waals surface area contributed by atoms with E-state index in [0.29, 0.717) is 11.4 Å². The van der Waals surface area contributed by atoms with Crippen molar-refractivity contribution < 1.29 is 4.39 Å². The normalized spacial score (nSPS) is 21.7. The first-order valence-electron chi connectivity index (χ1n) is 3.28. The van der Waals surface area contributed by atoms with Crippen molar-refractivity contribution in [1.82, 2.24) is 4.98 Å². The van der Waals surface area contributed by atoms with Gasteiger partial charge in [0.25, 0.3) is 0 Å². The van der Waals surface area contributed by atoms with Crippen LogP contribution >= 0.6 is 11.8 Å². The van der Waals surface area contributed by atoms with Crippen LogP contribution in [0, 0.1) is 0 Å². The fourth-order valence-electron chi connectivity index (χ4n) is 1.09. The molecule has 2 rings (SSSR count). The Morgan fingerprint density at radius 2 is 2.45 bits per heavy atom. The molecule has 1 aliphatic rings. The van der Waals surface area contributed by atoms with Crippen molar-refractivity contribution in [1.29, 1.82) is 0 Å². The summed E-state index contributed by atoms with van der Waals surface area (Å²) in [7, 11) is 0. The van der Waals surface area contributed by atoms with Crippen molar-refractivity contribution >= 4 is 11.8 Å². The second kappa shape index (κ2) is 2.37. The highest BCUT2D eigenvalue weighted by Gasteiger charge is 2.21. The van der Waals surface area contributed by atoms with Gasteiger partial charge in [-0.1, -0.05) is 17.8 Å². The quantitative estimate of drug-likeness (QED) is 0.638. The van der Waals surface area contributed by atoms with Crippen LogP contribution in [0.3, 0.4) is 0 Å². The van der Waals surface area contributed by atoms with Gasteiger partial charge in [0, 0.05) is 12.5 Å². The number of hydrogen-bond acceptors (Lipinski definition) is 2. The van der Waals surface area contributed by atoms with Crippen LogP contribution in [0.1, 0.15) is 5.56 Å². The first-order valence-corrected chi connectivity index (χ1v) is 4.16. The first kappa shape index (κ1) is 6.91. The van der Waals surface area contributed by atoms with Crippen molar-refractivity contribution in [3.8, 4) is 0 Å². The Morgan fingerprint density at radius 1 is 1.64 bits per heavy atom. The molecule has 4 heteroatoms. The Bertz CT molecular complexity index is 335. The van der Waals surface area contributed by atoms with Gasteiger partial charge >= 0.3 is 0 Å². The predicted molar refractivity (Wildman–Crippen MR) is 41.5 cm³/mol. The minimum absolute atomic E-state index is 0.162. The van der Waals surface area contributed by atoms with Gasteiger partial charge in [-0.15, -0.1) is 0 Å². The number of hydrogen-bond donors (Lipinski definition) is 1. The van der Waals surface area contributed by atoms with Crippen LogP contribution in [0.15, 0.2) is 22.0 Å². The van der Waals surface area contributed by atoms with Gasteiger partial charge in [0.1, 0.15) is 0 Å². The summed E-state index contributed by atoms with van der Waals surface area (Å²) < 4.78 is 12.7. The maximum Gasteiger partial charge on any atom is 0.248 e. The molecule has 58 valence electrons. The smallest absolute Gasteiger partial charge is 0.248 e. The van der Waals surface area contributed by atoms with Gasteiger partial charge in [-0.3, -0.25) is 4.79 Å². The third-order valence-corrected chi connectivity index (χ3v) is 2.61. The summed E-state index contributed by atoms with van der Waals surface area (Å²) in [5, 5.41) is 0.685. The molecular formula is C7H6FNOS. The summed E-state index contributed by atoms with van der Waals surface area (Å²) >= 11 is 1.08. The van der Waals surface area contributed by atoms with Gasteiger partial charge in [-0.05, 0) is 5.56 Å². The van der Waals surface area contributed by atoms with E-state index < -0.39 is 5.50 Å². The molecule has 1 atom stereocenters. The molecule has 1 N–H and O–H groups in total. The van der Waals surface area contributed by atoms with Crippen LogP contribution in [0.5, 0.6) is 0 Å². The minimum atomic E-state index is -0.886. The van der Waals surface area contributed by atoms with Gasteiger partial charge < -0.3 is 4.98 Å². The van der Waals surface area contributed by atoms with Crippen molar-refractivity contribution in [3.63, 3.8) is 0 Å². The number of halogens is 1. The number of thioether (sulfide) groups is 1. The zero-order valence-corrected chi connectivity index (χ0v) is 6.45. The van der Waals surface area contributed by atoms with Crippen LogP contribution in [-0.2, 0) is 6.42 Å². The van der Waals surface area contributed by atoms with Gasteiger partial charge in [0.15, 0.2) is 5.50 Å². The van der Waals surface area contributed by atoms with Crippen LogP contribution < -0.4 is 5.56 Å². The number of nitrogens with one attached hydrogen (secondary N) is 1. The molecule has 0 saturated heterocycles. The van der Waals surface area contributed by atoms with E-state index in [1.165, 1.54) is 6.07 Å². The van der Waals surface area contributed by atoms with Crippen molar-refractivity contribution in [2.75, 3.05) is 0 Å². The Morgan fingerprint density at radius 3 is 3.27 bits per heavy atom. The lowest BCUT2D eigenvalue weighted by Gasteiger charge is -1.92. The van der Waals surface area contributed by atoms with E-state index in [9.17, 15) is 9.18 Å². The molecule has 1 aliphatic heterocycles. The molecule has 0 radical (unpaired) electrons. The molecule has 0 amide bonds. The summed E-state index contributed by atoms with van der Waals surface area (Å²) in [5.41, 5.74) is -0.143. The molecule has 11 heavy (non-hydrogen) atoms. The van der Waals surface area contributed by atoms with Gasteiger partial charge in [0.05, 0.1) is 5.03 Å². The van der Waals surface area contributed by atoms with E-state index in [0.717, 1.165) is 17.3 Å². The molecule has 2 nitrogen and oxygen atoms in total. The fourth-order valence-corrected chi connectivity index (χ4v) is 2.08. The largest absolute Gasteiger partial charge is 0.317 e. The second-order valence-corrected chi connectivity index (χ2v) is 3.56. The SMILES string of the molecule is O=c1ccc2c([nH]1)SC(F)C2. The number of fused-ring (bicyclic) bond motifs is 1. The maximum atomic E-state index is 12.7. The van der Waals surface area contributed by atoms with Gasteiger partial charge in [0.2, 0.25) is 5.56 Å². The molecule has 0 fully saturated rings. The minimum Gasteiger partial charge on any atom is -0.317 e. The van der Waals surface area contributed by atoms with E-state index in [-0.39, 0.29) is 5.56 Å². The number of pyridine rings is 1. The first-order chi connectivity index (χ1) is 5.25. The van der Waals surface area contributed by atoms with Gasteiger partial charge in [-0.2, -0.15) is 0 Å². The standard InChI is InChI=1S/C7H6FNOS/c8-5-3-4-1-2-6(10)9-7(4)11-5/h1-2,5H,3H2,(H,9,10). The van der Waals surface area contributed by atoms with Crippen LogP contribution in [-0.4, -0.2) is 10.5 Å². The maximum absolute atomic E-state index is 12.7. The third-order valence-electron chi connectivity index (χ3n) is 1.59. The molecule has 0 aromatic carbocycles. The number of rotatable bonds is 0. The topological polar surface area (TPSA) is 32.9 Å². The summed E-state index contributed by atoms with van der Waals surface area (Å²) in [4.78, 5) is 13.3. The fraction of sp³-hybridized carbons (Fsp3) is 0.286. The number of aromatic amines is 1. The highest BCUT2D eigenvalue weighted by atomic mass is 32.2. The lowest BCUT2D eigenvalue weighted by atomic mass is 10.2. The average molecular weight is 171 g/mol. The highest BCUT2D eigenvalue weighted by molar-refractivity contribution is 8.00. The van der Waals surface area contributed by atoms with Crippen LogP contribution in [0.25, 0.3) is 0 Å². The van der Waals surface area contributed by atoms with Gasteiger partial charge in [-0.25, -0.2) is 4.39 Å². The summed E-state index contributed by atoms with van der Waals surface area (Å²) in [5.74, 6) is 0. The molecule has 1 aromatic heterocycles. The molecule has 0 aliphatic carbocycles. The highest BCUT2D eigenvalue weighted by Crippen LogP contribution is 2.34. The molecule has 1 unspecified atom stereocenters. The van der Waals surface area contributed by atoms with E-state index >= 15 is 0 Å². The van der Waals surface area contributed by atoms with Crippen molar-refractivity contribution in [2.24, 2.45) is 0 Å². The second-order valence-electron chi connectivity index (χ2n) is 2.41. The Balaban J connectivity index is 2.51. The average Bonchev–Trinajstić information content (AvgIpc) is 2.27. The number of H-pyrrole nitrogens is 1. The van der Waals surface area contributed by atoms with E-state index in [4.69, 9.17) is 0 Å². The summed E-state index contributed by atoms with van der Waals surface area (Å²) in [6, 6.07) is 3.11. The molecular weight excluding hydrogens is 165 g/mol. The zero-order valence-electron chi connectivity index (χ0n) is 5.63. The molecule has 2 heterocycles. The monoisotopic (exact) mass is 171 g/mol. The van der Waals surface area contributed by atoms with E-state index in [1.54, 1.807) is 6.07 Å². The number of alkyl halides is 1. The van der Waals surface area contributed by atoms with Crippen LogP contribution in [0.2, 0.25) is 0 Å². The Kier molecular flexibility index (Phi) is 1.49. The molecule has 0 bridgehead atoms. The third kappa shape index (κ3) is 1.18. The zero-order chi connectivity index (χ0) is 7.84. The Labute approximate surface area is 66.8 Å². The lowest BCUT2D eigenvalue weighted by molar-refractivity contribution is 0.457. The summed E-state index contributed by atoms with van der Waals surface area (Å²) in [6.45, 7) is 0. The van der Waals surface area contributed by atoms with E-state index in [1.807, 2.05) is 0 Å². The van der Waals surface area contributed by atoms with Crippen molar-refractivity contribution in [2.45, 2.75) is 17.0 Å². The molecule has 0 spiro atoms. The van der Waals surface area contributed by atoms with Crippen LogP contribution in [0.4, 0.5) is 4.39 Å². The molecule has 1 aromatic rings. The number of aromatic nitrogens is 1. The van der Waals surface area contributed by atoms with Crippen molar-refractivity contribution in [3.05, 3.63) is 28.0 Å². The lowest BCUT2D eigenvalue weighted by Crippen LogP contribution is -2.03. The van der Waals surface area contributed by atoms with E-state index in [2.05, 4.69) is 4.98 Å². The summed E-state index contributed by atoms with van der Waals surface area (Å²) in [6.07, 6.45) is 0.413. The predicted octanol–water partition coefficient (Wildman–Crippen LogP) is 1.32.